The highest BCUT2D eigenvalue weighted by Gasteiger charge is 2.22. The van der Waals surface area contributed by atoms with E-state index in [2.05, 4.69) is 49.2 Å². The van der Waals surface area contributed by atoms with Gasteiger partial charge in [-0.25, -0.2) is 4.79 Å². The molecule has 0 radical (unpaired) electrons. The highest BCUT2D eigenvalue weighted by Crippen LogP contribution is 2.24. The van der Waals surface area contributed by atoms with Gasteiger partial charge in [-0.2, -0.15) is 0 Å². The number of halogens is 2. The van der Waals surface area contributed by atoms with Crippen molar-refractivity contribution in [3.63, 3.8) is 0 Å². The highest BCUT2D eigenvalue weighted by molar-refractivity contribution is 14.1. The number of ether oxygens (including phenoxy) is 1. The zero-order chi connectivity index (χ0) is 17.1. The lowest BCUT2D eigenvalue weighted by Gasteiger charge is -2.09. The minimum absolute atomic E-state index is 0.235. The molecule has 24 heavy (non-hydrogen) atoms. The van der Waals surface area contributed by atoms with Gasteiger partial charge in [-0.15, -0.1) is 0 Å². The molecule has 0 aliphatic carbocycles. The molecule has 1 aliphatic rings. The molecule has 2 aromatic carbocycles. The Kier molecular flexibility index (Phi) is 5.20. The molecule has 1 heterocycles. The molecule has 5 nitrogen and oxygen atoms in total. The van der Waals surface area contributed by atoms with Gasteiger partial charge in [-0.1, -0.05) is 34.1 Å². The summed E-state index contributed by atoms with van der Waals surface area (Å²) in [6, 6.07) is 13.0. The summed E-state index contributed by atoms with van der Waals surface area (Å²) in [6.45, 7) is 0.474. The van der Waals surface area contributed by atoms with Crippen LogP contribution in [-0.2, 0) is 11.4 Å². The van der Waals surface area contributed by atoms with Crippen molar-refractivity contribution in [2.24, 2.45) is 0 Å². The van der Waals surface area contributed by atoms with Crippen LogP contribution in [0.2, 0.25) is 0 Å². The molecule has 1 aliphatic heterocycles. The minimum atomic E-state index is -0.504. The van der Waals surface area contributed by atoms with Crippen molar-refractivity contribution in [1.82, 2.24) is 10.6 Å². The monoisotopic (exact) mass is 498 g/mol. The van der Waals surface area contributed by atoms with E-state index in [9.17, 15) is 9.59 Å². The molecule has 0 spiro atoms. The maximum Gasteiger partial charge on any atom is 0.326 e. The van der Waals surface area contributed by atoms with Crippen LogP contribution in [0.4, 0.5) is 4.79 Å². The van der Waals surface area contributed by atoms with Crippen LogP contribution in [0.3, 0.4) is 0 Å². The van der Waals surface area contributed by atoms with E-state index >= 15 is 0 Å². The van der Waals surface area contributed by atoms with E-state index in [0.717, 1.165) is 24.9 Å². The molecule has 0 saturated carbocycles. The largest absolute Gasteiger partial charge is 0.488 e. The SMILES string of the molecule is O=C1NC(=O)/C(=C\c2ccc(OCc3ccc(Br)cc3)c(I)c2)N1. The summed E-state index contributed by atoms with van der Waals surface area (Å²) >= 11 is 5.58. The molecule has 0 atom stereocenters. The van der Waals surface area contributed by atoms with E-state index in [1.165, 1.54) is 0 Å². The summed E-state index contributed by atoms with van der Waals surface area (Å²) in [6.07, 6.45) is 1.63. The molecule has 3 rings (SSSR count). The number of carbonyl (C=O) groups excluding carboxylic acids is 2. The van der Waals surface area contributed by atoms with Crippen LogP contribution in [-0.4, -0.2) is 11.9 Å². The van der Waals surface area contributed by atoms with Gasteiger partial charge < -0.3 is 10.1 Å². The van der Waals surface area contributed by atoms with Crippen molar-refractivity contribution in [3.05, 3.63) is 67.3 Å². The van der Waals surface area contributed by atoms with Gasteiger partial charge >= 0.3 is 6.03 Å². The average Bonchev–Trinajstić information content (AvgIpc) is 2.86. The van der Waals surface area contributed by atoms with Gasteiger partial charge in [0.25, 0.3) is 5.91 Å². The Morgan fingerprint density at radius 1 is 1.08 bits per heavy atom. The first-order valence-corrected chi connectivity index (χ1v) is 8.89. The first-order chi connectivity index (χ1) is 11.5. The average molecular weight is 499 g/mol. The molecular weight excluding hydrogens is 487 g/mol. The van der Waals surface area contributed by atoms with Crippen LogP contribution in [0, 0.1) is 3.57 Å². The summed E-state index contributed by atoms with van der Waals surface area (Å²) in [5.41, 5.74) is 2.12. The van der Waals surface area contributed by atoms with Crippen LogP contribution in [0.15, 0.2) is 52.6 Å². The van der Waals surface area contributed by atoms with Crippen molar-refractivity contribution in [2.45, 2.75) is 6.61 Å². The molecule has 3 amide bonds. The van der Waals surface area contributed by atoms with Gasteiger partial charge in [0.05, 0.1) is 3.57 Å². The van der Waals surface area contributed by atoms with Gasteiger partial charge in [-0.05, 0) is 64.1 Å². The third-order valence-electron chi connectivity index (χ3n) is 3.29. The fraction of sp³-hybridized carbons (Fsp3) is 0.0588. The predicted octanol–water partition coefficient (Wildman–Crippen LogP) is 3.81. The smallest absolute Gasteiger partial charge is 0.326 e. The standard InChI is InChI=1S/C17H12BrIN2O3/c18-12-4-1-10(2-5-12)9-24-15-6-3-11(7-13(15)19)8-14-16(22)21-17(23)20-14/h1-8H,9H2,(H2,20,21,22,23)/b14-8+. The predicted molar refractivity (Wildman–Crippen MR) is 102 cm³/mol. The number of nitrogens with one attached hydrogen (secondary N) is 2. The Morgan fingerprint density at radius 2 is 1.83 bits per heavy atom. The van der Waals surface area contributed by atoms with Crippen molar-refractivity contribution >= 4 is 56.5 Å². The number of benzene rings is 2. The van der Waals surface area contributed by atoms with Crippen LogP contribution in [0.25, 0.3) is 6.08 Å². The van der Waals surface area contributed by atoms with E-state index < -0.39 is 11.9 Å². The maximum atomic E-state index is 11.5. The van der Waals surface area contributed by atoms with Crippen LogP contribution in [0.1, 0.15) is 11.1 Å². The lowest BCUT2D eigenvalue weighted by molar-refractivity contribution is -0.115. The number of carbonyl (C=O) groups is 2. The molecule has 7 heteroatoms. The Balaban J connectivity index is 1.70. The highest BCUT2D eigenvalue weighted by atomic mass is 127. The molecule has 2 N–H and O–H groups in total. The van der Waals surface area contributed by atoms with Crippen LogP contribution < -0.4 is 15.4 Å². The molecule has 0 bridgehead atoms. The Bertz CT molecular complexity index is 834. The fourth-order valence-electron chi connectivity index (χ4n) is 2.11. The summed E-state index contributed by atoms with van der Waals surface area (Å²) in [4.78, 5) is 22.6. The van der Waals surface area contributed by atoms with Gasteiger partial charge in [0, 0.05) is 4.47 Å². The zero-order valence-electron chi connectivity index (χ0n) is 12.3. The van der Waals surface area contributed by atoms with E-state index in [4.69, 9.17) is 4.74 Å². The van der Waals surface area contributed by atoms with Crippen molar-refractivity contribution in [3.8, 4) is 5.75 Å². The molecule has 1 fully saturated rings. The van der Waals surface area contributed by atoms with E-state index in [0.29, 0.717) is 6.61 Å². The second-order valence-corrected chi connectivity index (χ2v) is 7.15. The van der Waals surface area contributed by atoms with Gasteiger partial charge in [-0.3, -0.25) is 10.1 Å². The second kappa shape index (κ2) is 7.35. The number of rotatable bonds is 4. The molecular formula is C17H12BrIN2O3. The number of urea groups is 1. The van der Waals surface area contributed by atoms with E-state index in [1.54, 1.807) is 6.08 Å². The van der Waals surface area contributed by atoms with Crippen molar-refractivity contribution in [1.29, 1.82) is 0 Å². The van der Waals surface area contributed by atoms with Gasteiger partial charge in [0.15, 0.2) is 0 Å². The summed E-state index contributed by atoms with van der Waals surface area (Å²) in [5.74, 6) is 0.339. The summed E-state index contributed by atoms with van der Waals surface area (Å²) in [5, 5.41) is 4.63. The maximum absolute atomic E-state index is 11.5. The molecule has 0 unspecified atom stereocenters. The van der Waals surface area contributed by atoms with Gasteiger partial charge in [0.2, 0.25) is 0 Å². The van der Waals surface area contributed by atoms with E-state index in [-0.39, 0.29) is 5.70 Å². The number of hydrogen-bond acceptors (Lipinski definition) is 3. The normalized spacial score (nSPS) is 15.3. The first kappa shape index (κ1) is 17.0. The Labute approximate surface area is 160 Å². The Morgan fingerprint density at radius 3 is 2.46 bits per heavy atom. The topological polar surface area (TPSA) is 67.4 Å². The lowest BCUT2D eigenvalue weighted by Crippen LogP contribution is -2.22. The molecule has 0 aromatic heterocycles. The van der Waals surface area contributed by atoms with Crippen LogP contribution >= 0.6 is 38.5 Å². The van der Waals surface area contributed by atoms with Crippen LogP contribution in [0.5, 0.6) is 5.75 Å². The molecule has 122 valence electrons. The third-order valence-corrected chi connectivity index (χ3v) is 4.67. The summed E-state index contributed by atoms with van der Waals surface area (Å²) < 4.78 is 7.78. The van der Waals surface area contributed by atoms with Crippen molar-refractivity contribution < 1.29 is 14.3 Å². The molecule has 2 aromatic rings. The van der Waals surface area contributed by atoms with E-state index in [1.807, 2.05) is 42.5 Å². The summed E-state index contributed by atoms with van der Waals surface area (Å²) in [7, 11) is 0. The zero-order valence-corrected chi connectivity index (χ0v) is 16.1. The van der Waals surface area contributed by atoms with Gasteiger partial charge in [0.1, 0.15) is 18.1 Å². The first-order valence-electron chi connectivity index (χ1n) is 7.02. The fourth-order valence-corrected chi connectivity index (χ4v) is 3.07. The number of imide groups is 1. The lowest BCUT2D eigenvalue weighted by atomic mass is 10.2. The number of amides is 3. The Hall–Kier alpha value is -1.87. The third kappa shape index (κ3) is 4.15. The molecule has 1 saturated heterocycles. The quantitative estimate of drug-likeness (QED) is 0.382. The van der Waals surface area contributed by atoms with Crippen molar-refractivity contribution in [2.75, 3.05) is 0 Å². The minimum Gasteiger partial charge on any atom is -0.488 e. The second-order valence-electron chi connectivity index (χ2n) is 5.07. The number of hydrogen-bond donors (Lipinski definition) is 2.